The second-order valence-electron chi connectivity index (χ2n) is 2.99. The maximum absolute atomic E-state index is 10.5. The summed E-state index contributed by atoms with van der Waals surface area (Å²) in [6, 6.07) is 5.10. The molecular formula is C11H13BrO4. The normalized spacial score (nSPS) is 10.1. The van der Waals surface area contributed by atoms with Crippen LogP contribution in [0.15, 0.2) is 22.7 Å². The van der Waals surface area contributed by atoms with Gasteiger partial charge in [-0.25, -0.2) is 0 Å². The van der Waals surface area contributed by atoms with E-state index in [1.807, 2.05) is 0 Å². The molecule has 1 N–H and O–H groups in total. The quantitative estimate of drug-likeness (QED) is 0.612. The zero-order chi connectivity index (χ0) is 11.8. The molecule has 4 nitrogen and oxygen atoms in total. The molecule has 5 heteroatoms. The lowest BCUT2D eigenvalue weighted by Crippen LogP contribution is -2.09. The molecule has 1 rings (SSSR count). The Hall–Kier alpha value is -0.910. The van der Waals surface area contributed by atoms with Crippen molar-refractivity contribution in [1.29, 1.82) is 0 Å². The smallest absolute Gasteiger partial charge is 0.150 e. The first-order valence-corrected chi connectivity index (χ1v) is 5.63. The fraction of sp³-hybridized carbons (Fsp3) is 0.364. The van der Waals surface area contributed by atoms with E-state index in [9.17, 15) is 4.79 Å². The third-order valence-electron chi connectivity index (χ3n) is 1.81. The van der Waals surface area contributed by atoms with E-state index in [1.54, 1.807) is 18.2 Å². The van der Waals surface area contributed by atoms with Crippen LogP contribution in [-0.4, -0.2) is 37.8 Å². The van der Waals surface area contributed by atoms with Gasteiger partial charge in [0.05, 0.1) is 24.3 Å². The van der Waals surface area contributed by atoms with Gasteiger partial charge in [-0.2, -0.15) is 0 Å². The van der Waals surface area contributed by atoms with Crippen LogP contribution < -0.4 is 4.74 Å². The number of carbonyl (C=O) groups excluding carboxylic acids is 1. The third-order valence-corrected chi connectivity index (χ3v) is 2.43. The summed E-state index contributed by atoms with van der Waals surface area (Å²) in [5.74, 6) is 0.665. The fourth-order valence-electron chi connectivity index (χ4n) is 1.08. The van der Waals surface area contributed by atoms with Crippen molar-refractivity contribution in [3.63, 3.8) is 0 Å². The molecule has 0 aliphatic carbocycles. The van der Waals surface area contributed by atoms with E-state index >= 15 is 0 Å². The van der Waals surface area contributed by atoms with Gasteiger partial charge >= 0.3 is 0 Å². The molecular weight excluding hydrogens is 276 g/mol. The topological polar surface area (TPSA) is 55.8 Å². The number of benzene rings is 1. The highest BCUT2D eigenvalue weighted by Crippen LogP contribution is 2.25. The molecule has 0 spiro atoms. The number of aliphatic hydroxyl groups is 1. The standard InChI is InChI=1S/C11H13BrO4/c12-10-7-9(8-14)1-2-11(10)16-6-5-15-4-3-13/h1-2,7-8,13H,3-6H2. The van der Waals surface area contributed by atoms with E-state index < -0.39 is 0 Å². The number of hydrogen-bond acceptors (Lipinski definition) is 4. The average Bonchev–Trinajstić information content (AvgIpc) is 2.30. The van der Waals surface area contributed by atoms with E-state index in [1.165, 1.54) is 0 Å². The molecule has 0 fully saturated rings. The fourth-order valence-corrected chi connectivity index (χ4v) is 1.60. The van der Waals surface area contributed by atoms with Crippen LogP contribution in [-0.2, 0) is 4.74 Å². The van der Waals surface area contributed by atoms with Crippen molar-refractivity contribution in [3.05, 3.63) is 28.2 Å². The minimum absolute atomic E-state index is 0.0116. The van der Waals surface area contributed by atoms with Crippen molar-refractivity contribution in [2.75, 3.05) is 26.4 Å². The zero-order valence-electron chi connectivity index (χ0n) is 8.69. The van der Waals surface area contributed by atoms with Crippen molar-refractivity contribution in [3.8, 4) is 5.75 Å². The molecule has 0 aliphatic heterocycles. The van der Waals surface area contributed by atoms with E-state index in [2.05, 4.69) is 15.9 Å². The maximum atomic E-state index is 10.5. The summed E-state index contributed by atoms with van der Waals surface area (Å²) in [6.45, 7) is 1.15. The van der Waals surface area contributed by atoms with Gasteiger partial charge in [-0.1, -0.05) is 0 Å². The average molecular weight is 289 g/mol. The van der Waals surface area contributed by atoms with Gasteiger partial charge in [-0.15, -0.1) is 0 Å². The molecule has 0 unspecified atom stereocenters. The van der Waals surface area contributed by atoms with E-state index in [0.29, 0.717) is 31.1 Å². The Labute approximate surface area is 102 Å². The Kier molecular flexibility index (Phi) is 6.07. The Bertz CT molecular complexity index is 341. The number of hydrogen-bond donors (Lipinski definition) is 1. The summed E-state index contributed by atoms with van der Waals surface area (Å²) in [5.41, 5.74) is 0.593. The number of carbonyl (C=O) groups is 1. The van der Waals surface area contributed by atoms with Crippen LogP contribution in [0.25, 0.3) is 0 Å². The summed E-state index contributed by atoms with van der Waals surface area (Å²) in [5, 5.41) is 8.48. The lowest BCUT2D eigenvalue weighted by molar-refractivity contribution is 0.0703. The molecule has 0 heterocycles. The predicted octanol–water partition coefficient (Wildman–Crippen LogP) is 1.65. The number of aldehydes is 1. The third kappa shape index (κ3) is 4.30. The molecule has 0 radical (unpaired) electrons. The van der Waals surface area contributed by atoms with Crippen molar-refractivity contribution in [2.45, 2.75) is 0 Å². The molecule has 1 aromatic carbocycles. The first-order valence-electron chi connectivity index (χ1n) is 4.84. The minimum atomic E-state index is 0.0116. The van der Waals surface area contributed by atoms with Crippen LogP contribution in [0.3, 0.4) is 0 Å². The van der Waals surface area contributed by atoms with Gasteiger partial charge < -0.3 is 14.6 Å². The first-order chi connectivity index (χ1) is 7.77. The first kappa shape index (κ1) is 13.2. The second kappa shape index (κ2) is 7.38. The number of rotatable bonds is 7. The van der Waals surface area contributed by atoms with Crippen molar-refractivity contribution < 1.29 is 19.4 Å². The highest BCUT2D eigenvalue weighted by atomic mass is 79.9. The van der Waals surface area contributed by atoms with E-state index in [-0.39, 0.29) is 6.61 Å². The molecule has 0 aliphatic rings. The minimum Gasteiger partial charge on any atom is -0.490 e. The molecule has 0 aromatic heterocycles. The Morgan fingerprint density at radius 1 is 1.31 bits per heavy atom. The lowest BCUT2D eigenvalue weighted by Gasteiger charge is -2.08. The molecule has 0 amide bonds. The second-order valence-corrected chi connectivity index (χ2v) is 3.85. The van der Waals surface area contributed by atoms with Crippen LogP contribution >= 0.6 is 15.9 Å². The predicted molar refractivity (Wildman–Crippen MR) is 62.9 cm³/mol. The summed E-state index contributed by atoms with van der Waals surface area (Å²) < 4.78 is 11.2. The molecule has 1 aromatic rings. The number of ether oxygens (including phenoxy) is 2. The van der Waals surface area contributed by atoms with Gasteiger partial charge in [0.15, 0.2) is 0 Å². The zero-order valence-corrected chi connectivity index (χ0v) is 10.3. The summed E-state index contributed by atoms with van der Waals surface area (Å²) in [4.78, 5) is 10.5. The molecule has 88 valence electrons. The Balaban J connectivity index is 2.39. The summed E-state index contributed by atoms with van der Waals surface area (Å²) in [7, 11) is 0. The van der Waals surface area contributed by atoms with Gasteiger partial charge in [0.2, 0.25) is 0 Å². The van der Waals surface area contributed by atoms with Crippen molar-refractivity contribution in [2.24, 2.45) is 0 Å². The van der Waals surface area contributed by atoms with Gasteiger partial charge in [-0.3, -0.25) is 4.79 Å². The molecule has 16 heavy (non-hydrogen) atoms. The van der Waals surface area contributed by atoms with Crippen molar-refractivity contribution >= 4 is 22.2 Å². The largest absolute Gasteiger partial charge is 0.490 e. The van der Waals surface area contributed by atoms with Crippen LogP contribution in [0.5, 0.6) is 5.75 Å². The van der Waals surface area contributed by atoms with E-state index in [4.69, 9.17) is 14.6 Å². The van der Waals surface area contributed by atoms with Crippen LogP contribution in [0.2, 0.25) is 0 Å². The van der Waals surface area contributed by atoms with E-state index in [0.717, 1.165) is 10.8 Å². The van der Waals surface area contributed by atoms with Crippen LogP contribution in [0.4, 0.5) is 0 Å². The highest BCUT2D eigenvalue weighted by Gasteiger charge is 2.01. The summed E-state index contributed by atoms with van der Waals surface area (Å²) >= 11 is 3.31. The Morgan fingerprint density at radius 2 is 2.12 bits per heavy atom. The monoisotopic (exact) mass is 288 g/mol. The summed E-state index contributed by atoms with van der Waals surface area (Å²) in [6.07, 6.45) is 0.777. The van der Waals surface area contributed by atoms with Gasteiger partial charge in [0.1, 0.15) is 18.6 Å². The highest BCUT2D eigenvalue weighted by molar-refractivity contribution is 9.10. The Morgan fingerprint density at radius 3 is 2.75 bits per heavy atom. The molecule has 0 atom stereocenters. The van der Waals surface area contributed by atoms with Gasteiger partial charge in [-0.05, 0) is 34.1 Å². The number of halogens is 1. The maximum Gasteiger partial charge on any atom is 0.150 e. The van der Waals surface area contributed by atoms with Gasteiger partial charge in [0.25, 0.3) is 0 Å². The van der Waals surface area contributed by atoms with Crippen molar-refractivity contribution in [1.82, 2.24) is 0 Å². The van der Waals surface area contributed by atoms with Gasteiger partial charge in [0, 0.05) is 5.56 Å². The van der Waals surface area contributed by atoms with Crippen LogP contribution in [0, 0.1) is 0 Å². The number of aliphatic hydroxyl groups excluding tert-OH is 1. The molecule has 0 bridgehead atoms. The molecule has 0 saturated heterocycles. The molecule has 0 saturated carbocycles. The van der Waals surface area contributed by atoms with Crippen LogP contribution in [0.1, 0.15) is 10.4 Å². The lowest BCUT2D eigenvalue weighted by atomic mass is 10.2. The SMILES string of the molecule is O=Cc1ccc(OCCOCCO)c(Br)c1.